The van der Waals surface area contributed by atoms with Crippen molar-refractivity contribution < 1.29 is 59.5 Å². The molecule has 0 saturated carbocycles. The van der Waals surface area contributed by atoms with Crippen molar-refractivity contribution in [2.75, 3.05) is 13.2 Å². The summed E-state index contributed by atoms with van der Waals surface area (Å²) in [4.78, 5) is 0. The Hall–Kier alpha value is -5.80. The molecule has 3 fully saturated rings. The summed E-state index contributed by atoms with van der Waals surface area (Å²) in [5.74, 6) is 0.555. The zero-order valence-electron chi connectivity index (χ0n) is 49.9. The van der Waals surface area contributed by atoms with Crippen LogP contribution >= 0.6 is 0 Å². The van der Waals surface area contributed by atoms with Gasteiger partial charge in [-0.15, -0.1) is 0 Å². The molecule has 3 saturated heterocycles. The molecular weight excluding hydrogens is 984 g/mol. The molecule has 0 radical (unpaired) electrons. The van der Waals surface area contributed by atoms with Crippen LogP contribution in [0.3, 0.4) is 0 Å². The van der Waals surface area contributed by atoms with Crippen LogP contribution in [0.25, 0.3) is 66.8 Å². The van der Waals surface area contributed by atoms with E-state index in [0.717, 1.165) is 41.9 Å². The quantitative estimate of drug-likeness (QED) is 0.116. The number of ether oxygens (including phenoxy) is 3. The van der Waals surface area contributed by atoms with Gasteiger partial charge in [0.25, 0.3) is 0 Å². The summed E-state index contributed by atoms with van der Waals surface area (Å²) >= 11 is 0. The van der Waals surface area contributed by atoms with Crippen molar-refractivity contribution >= 4 is 0 Å². The van der Waals surface area contributed by atoms with Gasteiger partial charge >= 0.3 is 29.6 Å². The zero-order valence-corrected chi connectivity index (χ0v) is 51.9. The maximum absolute atomic E-state index is 9.60. The first-order valence-corrected chi connectivity index (χ1v) is 28.6. The molecule has 8 aromatic rings. The largest absolute Gasteiger partial charge is 1.00 e. The number of epoxide rings is 3. The number of fused-ring (bicyclic) bond motifs is 6. The Kier molecular flexibility index (Phi) is 23.1. The third-order valence-corrected chi connectivity index (χ3v) is 15.0. The smallest absolute Gasteiger partial charge is 0.870 e. The molecule has 410 valence electrons. The van der Waals surface area contributed by atoms with Crippen molar-refractivity contribution in [2.45, 2.75) is 145 Å². The number of rotatable bonds is 8. The fourth-order valence-corrected chi connectivity index (χ4v) is 10.6. The summed E-state index contributed by atoms with van der Waals surface area (Å²) < 4.78 is 15.9. The Bertz CT molecular complexity index is 3090. The van der Waals surface area contributed by atoms with E-state index in [-0.39, 0.29) is 63.5 Å². The summed E-state index contributed by atoms with van der Waals surface area (Å²) in [5, 5.41) is 19.2. The molecule has 0 amide bonds. The van der Waals surface area contributed by atoms with Gasteiger partial charge < -0.3 is 29.9 Å². The van der Waals surface area contributed by atoms with Crippen molar-refractivity contribution in [2.24, 2.45) is 0 Å². The van der Waals surface area contributed by atoms with Gasteiger partial charge in [-0.25, -0.2) is 0 Å². The van der Waals surface area contributed by atoms with E-state index in [1.165, 1.54) is 84.3 Å². The molecule has 13 rings (SSSR count). The van der Waals surface area contributed by atoms with Crippen LogP contribution in [0, 0.1) is 0 Å². The number of hydrogen-bond donors (Lipinski definition) is 2. The van der Waals surface area contributed by atoms with E-state index in [1.54, 1.807) is 24.3 Å². The maximum Gasteiger partial charge on any atom is 1.00 e. The van der Waals surface area contributed by atoms with Crippen LogP contribution in [-0.2, 0) is 31.5 Å². The van der Waals surface area contributed by atoms with Crippen molar-refractivity contribution in [3.8, 4) is 78.3 Å². The molecule has 0 spiro atoms. The number of hydrogen-bond acceptors (Lipinski definition) is 6. The summed E-state index contributed by atoms with van der Waals surface area (Å²) in [6.07, 6.45) is 3.89. The zero-order chi connectivity index (χ0) is 55.6. The van der Waals surface area contributed by atoms with Gasteiger partial charge in [0.2, 0.25) is 0 Å². The SMILES string of the molecule is CC.CC.CC.CC.CC1(C)c2ccc(-c3ccc(O)cc3)cc2-c2cc(-c3ccc(O)cc3)ccc21.CC1OC1c1ccc(-c2ccc3c(c2)-c2cc(-c4ccc(CC5CO5)cc4)ccc2C3(C)C)cc1.CCC1CO1.[Na+].[OH-]. The second-order valence-corrected chi connectivity index (χ2v) is 20.5. The summed E-state index contributed by atoms with van der Waals surface area (Å²) in [6, 6.07) is 59.9. The second kappa shape index (κ2) is 28.6. The molecule has 4 atom stereocenters. The molecule has 2 aliphatic carbocycles. The molecule has 0 bridgehead atoms. The Morgan fingerprint density at radius 1 is 0.418 bits per heavy atom. The predicted octanol–water partition coefficient (Wildman–Crippen LogP) is 16.2. The van der Waals surface area contributed by atoms with Gasteiger partial charge in [-0.2, -0.15) is 0 Å². The molecule has 3 aliphatic heterocycles. The average Bonchev–Trinajstić information content (AvgIpc) is 4.57. The first kappa shape index (κ1) is 64.0. The van der Waals surface area contributed by atoms with Crippen LogP contribution < -0.4 is 29.6 Å². The molecule has 3 heterocycles. The first-order valence-electron chi connectivity index (χ1n) is 28.6. The summed E-state index contributed by atoms with van der Waals surface area (Å²) in [5.41, 5.74) is 22.8. The minimum Gasteiger partial charge on any atom is -0.870 e. The van der Waals surface area contributed by atoms with Gasteiger partial charge in [0.15, 0.2) is 0 Å². The predicted molar refractivity (Wildman–Crippen MR) is 327 cm³/mol. The van der Waals surface area contributed by atoms with E-state index in [9.17, 15) is 10.2 Å². The first-order chi connectivity index (χ1) is 37.3. The van der Waals surface area contributed by atoms with Crippen molar-refractivity contribution in [1.29, 1.82) is 0 Å². The molecule has 8 aromatic carbocycles. The van der Waals surface area contributed by atoms with Gasteiger partial charge in [0, 0.05) is 17.3 Å². The van der Waals surface area contributed by atoms with Gasteiger partial charge in [-0.3, -0.25) is 0 Å². The number of benzene rings is 8. The molecule has 4 unspecified atom stereocenters. The molecular formula is C72H85NaO6. The number of aromatic hydroxyl groups is 2. The Morgan fingerprint density at radius 2 is 0.684 bits per heavy atom. The van der Waals surface area contributed by atoms with E-state index >= 15 is 0 Å². The van der Waals surface area contributed by atoms with Gasteiger partial charge in [-0.05, 0) is 162 Å². The standard InChI is InChI=1S/C33H30O2.C27H22O2.C4H8O.4C2H6.Na.H2O/c1-20-32(35-20)24-10-8-23(9-11-24)26-13-15-31-29(18-26)28-17-25(12-14-30(28)33(31,2)3)22-6-4-21(5-7-22)16-27-19-34-27;1-27(2)25-13-7-19(17-3-9-21(28)10-4-17)15-23(25)24-16-20(8-14-26(24)27)18-5-11-22(29)12-6-18;1-2-4-3-5-4;4*1-2;;/h4-15,17-18,20,27,32H,16,19H2,1-3H3;3-16,28-29H,1-2H3;4H,2-3H2,1H3;4*1-2H3;;1H2/q;;;;;;;+1;/p-1. The summed E-state index contributed by atoms with van der Waals surface area (Å²) in [7, 11) is 0. The molecule has 5 aliphatic rings. The van der Waals surface area contributed by atoms with Crippen LogP contribution in [0.2, 0.25) is 0 Å². The molecule has 7 heteroatoms. The number of phenolic OH excluding ortho intramolecular Hbond substituents is 2. The second-order valence-electron chi connectivity index (χ2n) is 20.5. The van der Waals surface area contributed by atoms with E-state index in [2.05, 4.69) is 163 Å². The van der Waals surface area contributed by atoms with Crippen LogP contribution in [0.4, 0.5) is 0 Å². The number of phenols is 2. The van der Waals surface area contributed by atoms with Gasteiger partial charge in [-0.1, -0.05) is 211 Å². The maximum atomic E-state index is 9.60. The molecule has 6 nitrogen and oxygen atoms in total. The molecule has 79 heavy (non-hydrogen) atoms. The van der Waals surface area contributed by atoms with Crippen LogP contribution in [0.15, 0.2) is 170 Å². The Balaban J connectivity index is 0.000000237. The monoisotopic (exact) mass is 1070 g/mol. The Labute approximate surface area is 495 Å². The summed E-state index contributed by atoms with van der Waals surface area (Å²) in [6.45, 7) is 31.4. The van der Waals surface area contributed by atoms with Crippen LogP contribution in [0.1, 0.15) is 143 Å². The molecule has 3 N–H and O–H groups in total. The van der Waals surface area contributed by atoms with E-state index in [4.69, 9.17) is 14.2 Å². The Morgan fingerprint density at radius 3 is 0.937 bits per heavy atom. The topological polar surface area (TPSA) is 108 Å². The normalized spacial score (nSPS) is 17.7. The molecule has 0 aromatic heterocycles. The fraction of sp³-hybridized carbons (Fsp3) is 0.333. The van der Waals surface area contributed by atoms with E-state index in [0.29, 0.717) is 18.3 Å². The minimum atomic E-state index is -0.0500. The third kappa shape index (κ3) is 14.6. The third-order valence-electron chi connectivity index (χ3n) is 15.0. The van der Waals surface area contributed by atoms with Crippen molar-refractivity contribution in [3.05, 3.63) is 203 Å². The van der Waals surface area contributed by atoms with E-state index < -0.39 is 0 Å². The average molecular weight is 1070 g/mol. The van der Waals surface area contributed by atoms with E-state index in [1.807, 2.05) is 79.7 Å². The fourth-order valence-electron chi connectivity index (χ4n) is 10.6. The van der Waals surface area contributed by atoms with Crippen molar-refractivity contribution in [3.63, 3.8) is 0 Å². The van der Waals surface area contributed by atoms with Crippen LogP contribution in [-0.4, -0.2) is 47.2 Å². The van der Waals surface area contributed by atoms with Crippen molar-refractivity contribution in [1.82, 2.24) is 0 Å². The van der Waals surface area contributed by atoms with Crippen LogP contribution in [0.5, 0.6) is 11.5 Å². The van der Waals surface area contributed by atoms with Gasteiger partial charge in [0.05, 0.1) is 31.5 Å². The van der Waals surface area contributed by atoms with Gasteiger partial charge in [0.1, 0.15) is 17.6 Å². The minimum absolute atomic E-state index is 0.